The SMILES string of the molecule is c1ccc2c(c1)-c1ccccc1C21c2cc3c4ccccc4n(-c4ccc5ccc6sc7ccccc7c6c5c4)c3cc2-c2c1ccc1ccccc21. The number of para-hydroxylation sites is 1. The first-order valence-electron chi connectivity index (χ1n) is 18.4. The molecule has 0 fully saturated rings. The van der Waals surface area contributed by atoms with Crippen molar-refractivity contribution in [3.63, 3.8) is 0 Å². The Hall–Kier alpha value is -6.48. The third-order valence-corrected chi connectivity index (χ3v) is 13.5. The normalized spacial score (nSPS) is 13.8. The van der Waals surface area contributed by atoms with Gasteiger partial charge in [-0.3, -0.25) is 0 Å². The number of thiophene rings is 1. The lowest BCUT2D eigenvalue weighted by Crippen LogP contribution is -2.25. The zero-order valence-corrected chi connectivity index (χ0v) is 29.4. The molecule has 2 aromatic heterocycles. The molecule has 2 aliphatic rings. The molecule has 2 heteroatoms. The number of hydrogen-bond donors (Lipinski definition) is 0. The van der Waals surface area contributed by atoms with E-state index in [9.17, 15) is 0 Å². The molecule has 244 valence electrons. The number of nitrogens with zero attached hydrogens (tertiary/aromatic N) is 1. The summed E-state index contributed by atoms with van der Waals surface area (Å²) in [7, 11) is 0. The Bertz CT molecular complexity index is 3370. The summed E-state index contributed by atoms with van der Waals surface area (Å²) in [6, 6.07) is 66.5. The summed E-state index contributed by atoms with van der Waals surface area (Å²) in [4.78, 5) is 0. The molecule has 1 spiro atoms. The molecule has 0 saturated carbocycles. The van der Waals surface area contributed by atoms with E-state index >= 15 is 0 Å². The van der Waals surface area contributed by atoms with E-state index in [1.165, 1.54) is 114 Å². The van der Waals surface area contributed by atoms with Crippen molar-refractivity contribution in [2.24, 2.45) is 0 Å². The van der Waals surface area contributed by atoms with Gasteiger partial charge in [0.2, 0.25) is 0 Å². The van der Waals surface area contributed by atoms with Crippen LogP contribution in [0.4, 0.5) is 0 Å². The quantitative estimate of drug-likeness (QED) is 0.162. The fourth-order valence-corrected chi connectivity index (χ4v) is 11.4. The highest BCUT2D eigenvalue weighted by Crippen LogP contribution is 2.64. The van der Waals surface area contributed by atoms with Gasteiger partial charge in [-0.15, -0.1) is 11.3 Å². The molecule has 13 rings (SSSR count). The number of fused-ring (bicyclic) bond motifs is 20. The van der Waals surface area contributed by atoms with Crippen LogP contribution in [0.5, 0.6) is 0 Å². The second-order valence-electron chi connectivity index (χ2n) is 14.8. The summed E-state index contributed by atoms with van der Waals surface area (Å²) in [5.74, 6) is 0. The first-order chi connectivity index (χ1) is 26.3. The molecule has 0 N–H and O–H groups in total. The minimum atomic E-state index is -0.409. The molecule has 0 radical (unpaired) electrons. The van der Waals surface area contributed by atoms with Crippen molar-refractivity contribution in [3.8, 4) is 27.9 Å². The first-order valence-corrected chi connectivity index (χ1v) is 19.2. The summed E-state index contributed by atoms with van der Waals surface area (Å²) in [6.07, 6.45) is 0. The van der Waals surface area contributed by atoms with Gasteiger partial charge in [-0.25, -0.2) is 0 Å². The van der Waals surface area contributed by atoms with Crippen LogP contribution < -0.4 is 0 Å². The van der Waals surface area contributed by atoms with Gasteiger partial charge in [-0.05, 0) is 109 Å². The Kier molecular flexibility index (Phi) is 5.25. The van der Waals surface area contributed by atoms with Gasteiger partial charge in [0.15, 0.2) is 0 Å². The Labute approximate surface area is 309 Å². The van der Waals surface area contributed by atoms with Gasteiger partial charge in [0.05, 0.1) is 16.4 Å². The standard InChI is InChI=1S/C51H29NS/c1-2-12-33-30(11-1)22-25-43-49(33)40-29-46-39(28-44(40)51(43)41-17-7-3-13-34(41)35-14-4-8-18-42(35)51)36-15-5-9-19-45(36)52(46)32-24-21-31-23-26-48-50(38(31)27-32)37-16-6-10-20-47(37)53-48/h1-29H. The second-order valence-corrected chi connectivity index (χ2v) is 15.8. The Morgan fingerprint density at radius 2 is 1.04 bits per heavy atom. The zero-order valence-electron chi connectivity index (χ0n) is 28.6. The lowest BCUT2D eigenvalue weighted by Gasteiger charge is -2.30. The fourth-order valence-electron chi connectivity index (χ4n) is 10.3. The van der Waals surface area contributed by atoms with Crippen molar-refractivity contribution < 1.29 is 0 Å². The minimum Gasteiger partial charge on any atom is -0.309 e. The van der Waals surface area contributed by atoms with Crippen LogP contribution >= 0.6 is 11.3 Å². The highest BCUT2D eigenvalue weighted by atomic mass is 32.1. The molecule has 11 aromatic rings. The van der Waals surface area contributed by atoms with E-state index in [2.05, 4.69) is 180 Å². The van der Waals surface area contributed by atoms with E-state index in [-0.39, 0.29) is 0 Å². The summed E-state index contributed by atoms with van der Waals surface area (Å²) in [5.41, 5.74) is 14.1. The Morgan fingerprint density at radius 1 is 0.377 bits per heavy atom. The molecule has 0 atom stereocenters. The topological polar surface area (TPSA) is 4.93 Å². The van der Waals surface area contributed by atoms with Crippen LogP contribution in [0.15, 0.2) is 176 Å². The zero-order chi connectivity index (χ0) is 34.4. The average molecular weight is 688 g/mol. The van der Waals surface area contributed by atoms with Crippen molar-refractivity contribution in [1.29, 1.82) is 0 Å². The summed E-state index contributed by atoms with van der Waals surface area (Å²) in [6.45, 7) is 0. The molecular formula is C51H29NS. The van der Waals surface area contributed by atoms with Crippen molar-refractivity contribution >= 4 is 74.9 Å². The molecule has 0 amide bonds. The summed E-state index contributed by atoms with van der Waals surface area (Å²) in [5, 5.41) is 10.4. The van der Waals surface area contributed by atoms with E-state index in [0.717, 1.165) is 0 Å². The lowest BCUT2D eigenvalue weighted by atomic mass is 9.70. The van der Waals surface area contributed by atoms with E-state index in [4.69, 9.17) is 0 Å². The van der Waals surface area contributed by atoms with Crippen LogP contribution in [0.1, 0.15) is 22.3 Å². The van der Waals surface area contributed by atoms with Crippen LogP contribution in [0.3, 0.4) is 0 Å². The monoisotopic (exact) mass is 687 g/mol. The maximum atomic E-state index is 2.56. The van der Waals surface area contributed by atoms with E-state index < -0.39 is 5.41 Å². The lowest BCUT2D eigenvalue weighted by molar-refractivity contribution is 0.795. The molecule has 2 aliphatic carbocycles. The number of rotatable bonds is 1. The van der Waals surface area contributed by atoms with Crippen molar-refractivity contribution in [1.82, 2.24) is 4.57 Å². The molecule has 0 aliphatic heterocycles. The second kappa shape index (κ2) is 9.89. The van der Waals surface area contributed by atoms with Gasteiger partial charge in [0.25, 0.3) is 0 Å². The van der Waals surface area contributed by atoms with Gasteiger partial charge in [0, 0.05) is 36.6 Å². The molecule has 9 aromatic carbocycles. The average Bonchev–Trinajstić information content (AvgIpc) is 3.93. The minimum absolute atomic E-state index is 0.409. The smallest absolute Gasteiger partial charge is 0.0726 e. The van der Waals surface area contributed by atoms with Gasteiger partial charge in [-0.2, -0.15) is 0 Å². The van der Waals surface area contributed by atoms with Crippen molar-refractivity contribution in [2.45, 2.75) is 5.41 Å². The molecule has 0 saturated heterocycles. The van der Waals surface area contributed by atoms with Crippen LogP contribution in [0.2, 0.25) is 0 Å². The van der Waals surface area contributed by atoms with Crippen LogP contribution in [-0.2, 0) is 5.41 Å². The number of hydrogen-bond acceptors (Lipinski definition) is 1. The molecular weight excluding hydrogens is 659 g/mol. The first kappa shape index (κ1) is 28.1. The van der Waals surface area contributed by atoms with Crippen molar-refractivity contribution in [3.05, 3.63) is 198 Å². The third-order valence-electron chi connectivity index (χ3n) is 12.4. The van der Waals surface area contributed by atoms with E-state index in [0.29, 0.717) is 0 Å². The fraction of sp³-hybridized carbons (Fsp3) is 0.0196. The highest BCUT2D eigenvalue weighted by molar-refractivity contribution is 7.26. The molecule has 0 unspecified atom stereocenters. The third kappa shape index (κ3) is 3.39. The summed E-state index contributed by atoms with van der Waals surface area (Å²) >= 11 is 1.89. The van der Waals surface area contributed by atoms with E-state index in [1.54, 1.807) is 0 Å². The maximum absolute atomic E-state index is 2.56. The van der Waals surface area contributed by atoms with Gasteiger partial charge < -0.3 is 4.57 Å². The largest absolute Gasteiger partial charge is 0.309 e. The van der Waals surface area contributed by atoms with E-state index in [1.807, 2.05) is 11.3 Å². The number of aromatic nitrogens is 1. The maximum Gasteiger partial charge on any atom is 0.0726 e. The van der Waals surface area contributed by atoms with Gasteiger partial charge >= 0.3 is 0 Å². The predicted octanol–water partition coefficient (Wildman–Crippen LogP) is 13.8. The van der Waals surface area contributed by atoms with Crippen LogP contribution in [0.25, 0.3) is 91.5 Å². The van der Waals surface area contributed by atoms with Gasteiger partial charge in [0.1, 0.15) is 0 Å². The predicted molar refractivity (Wildman–Crippen MR) is 225 cm³/mol. The highest BCUT2D eigenvalue weighted by Gasteiger charge is 2.52. The Morgan fingerprint density at radius 3 is 1.89 bits per heavy atom. The molecule has 2 heterocycles. The Balaban J connectivity index is 1.19. The summed E-state index contributed by atoms with van der Waals surface area (Å²) < 4.78 is 5.19. The molecule has 0 bridgehead atoms. The molecule has 53 heavy (non-hydrogen) atoms. The number of benzene rings is 9. The molecule has 1 nitrogen and oxygen atoms in total. The van der Waals surface area contributed by atoms with Crippen LogP contribution in [-0.4, -0.2) is 4.57 Å². The van der Waals surface area contributed by atoms with Crippen molar-refractivity contribution in [2.75, 3.05) is 0 Å². The van der Waals surface area contributed by atoms with Gasteiger partial charge in [-0.1, -0.05) is 133 Å². The van der Waals surface area contributed by atoms with Crippen LogP contribution in [0, 0.1) is 0 Å².